The highest BCUT2D eigenvalue weighted by molar-refractivity contribution is 14.2. The molecule has 0 fully saturated rings. The zero-order valence-corrected chi connectivity index (χ0v) is 24.1. The predicted molar refractivity (Wildman–Crippen MR) is 156 cm³/mol. The Morgan fingerprint density at radius 2 is 1.27 bits per heavy atom. The van der Waals surface area contributed by atoms with Crippen LogP contribution in [0.15, 0.2) is 46.3 Å². The molecule has 2 aromatic rings. The first-order valence-electron chi connectivity index (χ1n) is 13.0. The van der Waals surface area contributed by atoms with Crippen molar-refractivity contribution >= 4 is 45.9 Å². The minimum absolute atomic E-state index is 0.00668. The fourth-order valence-electron chi connectivity index (χ4n) is 4.50. The number of benzene rings is 2. The molecule has 0 aromatic heterocycles. The van der Waals surface area contributed by atoms with E-state index >= 15 is 0 Å². The van der Waals surface area contributed by atoms with Gasteiger partial charge in [0.15, 0.2) is 0 Å². The average Bonchev–Trinajstić information content (AvgIpc) is 2.83. The van der Waals surface area contributed by atoms with Crippen LogP contribution in [-0.4, -0.2) is 26.2 Å². The molecule has 3 rings (SSSR count). The summed E-state index contributed by atoms with van der Waals surface area (Å²) in [5.41, 5.74) is 3.88. The molecular weight excluding hydrogens is 537 g/mol. The quantitative estimate of drug-likeness (QED) is 0.127. The third-order valence-electron chi connectivity index (χ3n) is 6.29. The summed E-state index contributed by atoms with van der Waals surface area (Å²) < 4.78 is 1.39. The van der Waals surface area contributed by atoms with Gasteiger partial charge in [-0.3, -0.25) is 0 Å². The van der Waals surface area contributed by atoms with E-state index in [1.54, 1.807) is 0 Å². The number of halogens is 1. The lowest BCUT2D eigenvalue weighted by atomic mass is 10.2. The standard InChI is InChI=1S/C28H42IN3S/c1-5-9-11-19-32(20-12-10-6-2)24-14-16-26-28(22-24)33(29)27-21-23(13-15-25(27)30-26)31(17-7-3)18-8-4/h13-16,21-22H,5-12,17-20H2,1-4H3. The van der Waals surface area contributed by atoms with Crippen LogP contribution in [0.5, 0.6) is 0 Å². The second-order valence-corrected chi connectivity index (χ2v) is 13.1. The lowest BCUT2D eigenvalue weighted by molar-refractivity contribution is 0.636. The van der Waals surface area contributed by atoms with Crippen LogP contribution >= 0.6 is 28.9 Å². The highest BCUT2D eigenvalue weighted by Crippen LogP contribution is 2.46. The number of nitrogens with zero attached hydrogens (tertiary/aromatic N) is 3. The van der Waals surface area contributed by atoms with E-state index < -0.39 is 0 Å². The SMILES string of the molecule is CCCCCN(CCCCC)c1ccc2c(c1)S(I)=c1cc(N(CCC)CCC)ccc1=N2. The van der Waals surface area contributed by atoms with Crippen molar-refractivity contribution in [1.29, 1.82) is 0 Å². The maximum atomic E-state index is 5.07. The number of anilines is 2. The van der Waals surface area contributed by atoms with E-state index in [-0.39, 0.29) is 7.66 Å². The van der Waals surface area contributed by atoms with E-state index in [1.807, 2.05) is 0 Å². The molecular formula is C28H42IN3S. The van der Waals surface area contributed by atoms with E-state index in [1.165, 1.54) is 72.1 Å². The molecule has 1 unspecified atom stereocenters. The Morgan fingerprint density at radius 3 is 1.88 bits per heavy atom. The van der Waals surface area contributed by atoms with Gasteiger partial charge in [-0.25, -0.2) is 4.99 Å². The number of fused-ring (bicyclic) bond motifs is 2. The van der Waals surface area contributed by atoms with Crippen LogP contribution in [0.1, 0.15) is 79.1 Å². The normalized spacial score (nSPS) is 14.4. The fourth-order valence-corrected chi connectivity index (χ4v) is 7.90. The summed E-state index contributed by atoms with van der Waals surface area (Å²) >= 11 is 2.66. The van der Waals surface area contributed by atoms with Crippen LogP contribution in [-0.2, 0) is 0 Å². The Hall–Kier alpha value is -1.08. The molecule has 0 spiro atoms. The molecule has 2 aromatic carbocycles. The molecule has 0 saturated carbocycles. The number of hydrogen-bond donors (Lipinski definition) is 0. The first kappa shape index (κ1) is 26.5. The smallest absolute Gasteiger partial charge is 0.0777 e. The van der Waals surface area contributed by atoms with Gasteiger partial charge in [0.05, 0.1) is 11.0 Å². The van der Waals surface area contributed by atoms with Gasteiger partial charge < -0.3 is 9.80 Å². The fraction of sp³-hybridized carbons (Fsp3) is 0.571. The van der Waals surface area contributed by atoms with Gasteiger partial charge in [-0.05, 0) is 83.3 Å². The molecule has 33 heavy (non-hydrogen) atoms. The molecule has 1 aliphatic heterocycles. The van der Waals surface area contributed by atoms with Crippen LogP contribution < -0.4 is 15.2 Å². The third kappa shape index (κ3) is 6.97. The Kier molecular flexibility index (Phi) is 11.0. The van der Waals surface area contributed by atoms with Crippen molar-refractivity contribution in [3.05, 3.63) is 46.3 Å². The van der Waals surface area contributed by atoms with Gasteiger partial charge >= 0.3 is 0 Å². The molecule has 0 amide bonds. The van der Waals surface area contributed by atoms with E-state index in [9.17, 15) is 0 Å². The summed E-state index contributed by atoms with van der Waals surface area (Å²) in [5, 5.41) is 1.15. The minimum atomic E-state index is 0.00668. The van der Waals surface area contributed by atoms with Gasteiger partial charge in [-0.15, -0.1) is 0 Å². The maximum absolute atomic E-state index is 5.07. The second-order valence-electron chi connectivity index (χ2n) is 9.06. The second kappa shape index (κ2) is 13.7. The zero-order valence-electron chi connectivity index (χ0n) is 21.1. The van der Waals surface area contributed by atoms with Crippen LogP contribution in [0.4, 0.5) is 17.1 Å². The highest BCUT2D eigenvalue weighted by Gasteiger charge is 2.16. The van der Waals surface area contributed by atoms with E-state index in [0.717, 1.165) is 37.2 Å². The number of rotatable bonds is 14. The van der Waals surface area contributed by atoms with Crippen molar-refractivity contribution < 1.29 is 0 Å². The van der Waals surface area contributed by atoms with Gasteiger partial charge in [0.1, 0.15) is 0 Å². The molecule has 0 bridgehead atoms. The summed E-state index contributed by atoms with van der Waals surface area (Å²) in [4.78, 5) is 11.6. The molecule has 1 atom stereocenters. The predicted octanol–water partition coefficient (Wildman–Crippen LogP) is 8.69. The molecule has 3 nitrogen and oxygen atoms in total. The van der Waals surface area contributed by atoms with Gasteiger partial charge in [0, 0.05) is 47.0 Å². The molecule has 1 aliphatic rings. The van der Waals surface area contributed by atoms with Crippen LogP contribution in [0, 0.1) is 4.51 Å². The Labute approximate surface area is 216 Å². The first-order chi connectivity index (χ1) is 16.1. The van der Waals surface area contributed by atoms with E-state index in [2.05, 4.69) is 95.1 Å². The topological polar surface area (TPSA) is 18.8 Å². The highest BCUT2D eigenvalue weighted by atomic mass is 127. The Balaban J connectivity index is 1.96. The minimum Gasteiger partial charge on any atom is -0.372 e. The van der Waals surface area contributed by atoms with Crippen molar-refractivity contribution in [2.24, 2.45) is 4.99 Å². The summed E-state index contributed by atoms with van der Waals surface area (Å²) in [5.74, 6) is 0. The summed E-state index contributed by atoms with van der Waals surface area (Å²) in [6.45, 7) is 13.7. The Morgan fingerprint density at radius 1 is 0.697 bits per heavy atom. The lowest BCUT2D eigenvalue weighted by Crippen LogP contribution is -2.26. The number of hydrogen-bond acceptors (Lipinski definition) is 3. The zero-order chi connectivity index (χ0) is 23.6. The first-order valence-corrected chi connectivity index (χ1v) is 16.8. The monoisotopic (exact) mass is 579 g/mol. The van der Waals surface area contributed by atoms with E-state index in [0.29, 0.717) is 0 Å². The van der Waals surface area contributed by atoms with E-state index in [4.69, 9.17) is 4.99 Å². The van der Waals surface area contributed by atoms with Crippen LogP contribution in [0.25, 0.3) is 0 Å². The number of unbranched alkanes of at least 4 members (excludes halogenated alkanes) is 4. The summed E-state index contributed by atoms with van der Waals surface area (Å²) in [6.07, 6.45) is 10.1. The van der Waals surface area contributed by atoms with Gasteiger partial charge in [-0.2, -0.15) is 0 Å². The molecule has 1 heterocycles. The largest absolute Gasteiger partial charge is 0.372 e. The molecule has 0 aliphatic carbocycles. The molecule has 182 valence electrons. The van der Waals surface area contributed by atoms with Crippen LogP contribution in [0.3, 0.4) is 0 Å². The molecule has 0 radical (unpaired) electrons. The van der Waals surface area contributed by atoms with Crippen LogP contribution in [0.2, 0.25) is 0 Å². The summed E-state index contributed by atoms with van der Waals surface area (Å²) in [7, 11) is 0.00668. The average molecular weight is 580 g/mol. The third-order valence-corrected chi connectivity index (χ3v) is 10.6. The van der Waals surface area contributed by atoms with Gasteiger partial charge in [0.25, 0.3) is 0 Å². The van der Waals surface area contributed by atoms with Crippen molar-refractivity contribution in [2.45, 2.75) is 84.0 Å². The summed E-state index contributed by atoms with van der Waals surface area (Å²) in [6, 6.07) is 13.9. The molecule has 0 saturated heterocycles. The van der Waals surface area contributed by atoms with Crippen molar-refractivity contribution in [2.75, 3.05) is 36.0 Å². The van der Waals surface area contributed by atoms with Crippen molar-refractivity contribution in [1.82, 2.24) is 0 Å². The van der Waals surface area contributed by atoms with Crippen molar-refractivity contribution in [3.63, 3.8) is 0 Å². The maximum Gasteiger partial charge on any atom is 0.0777 e. The Bertz CT molecular complexity index is 1000. The molecule has 5 heteroatoms. The molecule has 0 N–H and O–H groups in total. The van der Waals surface area contributed by atoms with Gasteiger partial charge in [0.2, 0.25) is 0 Å². The lowest BCUT2D eigenvalue weighted by Gasteiger charge is -2.27. The van der Waals surface area contributed by atoms with Crippen molar-refractivity contribution in [3.8, 4) is 0 Å². The van der Waals surface area contributed by atoms with Gasteiger partial charge in [-0.1, -0.05) is 61.0 Å².